The van der Waals surface area contributed by atoms with Crippen LogP contribution in [0.15, 0.2) is 103 Å². The summed E-state index contributed by atoms with van der Waals surface area (Å²) < 4.78 is 5.87. The van der Waals surface area contributed by atoms with Crippen LogP contribution in [0.2, 0.25) is 0 Å². The Bertz CT molecular complexity index is 922. The van der Waals surface area contributed by atoms with Gasteiger partial charge in [-0.15, -0.1) is 0 Å². The number of ether oxygens (including phenoxy) is 1. The first-order valence-corrected chi connectivity index (χ1v) is 9.85. The van der Waals surface area contributed by atoms with Crippen molar-refractivity contribution in [3.8, 4) is 0 Å². The maximum atomic E-state index is 12.9. The number of hydrogen-bond donors (Lipinski definition) is 1. The van der Waals surface area contributed by atoms with E-state index in [-0.39, 0.29) is 12.1 Å². The third-order valence-electron chi connectivity index (χ3n) is 5.70. The van der Waals surface area contributed by atoms with Gasteiger partial charge in [0.05, 0.1) is 12.1 Å². The van der Waals surface area contributed by atoms with Crippen molar-refractivity contribution < 1.29 is 9.53 Å². The van der Waals surface area contributed by atoms with Gasteiger partial charge >= 0.3 is 0 Å². The lowest BCUT2D eigenvalue weighted by atomic mass is 9.76. The normalized spacial score (nSPS) is 20.8. The lowest BCUT2D eigenvalue weighted by molar-refractivity contribution is -0.177. The molecule has 5 rings (SSSR count). The average Bonchev–Trinajstić information content (AvgIpc) is 2.81. The van der Waals surface area contributed by atoms with E-state index in [2.05, 4.69) is 41.7 Å². The highest BCUT2D eigenvalue weighted by Crippen LogP contribution is 2.39. The summed E-state index contributed by atoms with van der Waals surface area (Å²) in [5.74, 6) is 0.0260. The predicted molar refractivity (Wildman–Crippen MR) is 112 cm³/mol. The Hall–Kier alpha value is -3.21. The van der Waals surface area contributed by atoms with Gasteiger partial charge in [-0.1, -0.05) is 91.0 Å². The quantitative estimate of drug-likeness (QED) is 0.541. The molecule has 2 heterocycles. The summed E-state index contributed by atoms with van der Waals surface area (Å²) in [6.45, 7) is 0.516. The van der Waals surface area contributed by atoms with Gasteiger partial charge in [0.1, 0.15) is 6.04 Å². The average molecular weight is 382 g/mol. The monoisotopic (exact) mass is 382 g/mol. The second-order valence-corrected chi connectivity index (χ2v) is 7.32. The fraction of sp³-hybridized carbons (Fsp3) is 0.160. The van der Waals surface area contributed by atoms with Crippen molar-refractivity contribution in [3.63, 3.8) is 0 Å². The molecule has 1 amide bonds. The maximum absolute atomic E-state index is 12.9. The lowest BCUT2D eigenvalue weighted by Crippen LogP contribution is -2.72. The zero-order chi connectivity index (χ0) is 19.7. The highest BCUT2D eigenvalue weighted by molar-refractivity contribution is 5.90. The molecule has 1 N–H and O–H groups in total. The maximum Gasteiger partial charge on any atom is 0.250 e. The molecule has 2 aliphatic rings. The van der Waals surface area contributed by atoms with E-state index in [1.54, 1.807) is 4.90 Å². The Balaban J connectivity index is 1.68. The Kier molecular flexibility index (Phi) is 4.51. The topological polar surface area (TPSA) is 41.6 Å². The zero-order valence-corrected chi connectivity index (χ0v) is 15.9. The van der Waals surface area contributed by atoms with E-state index >= 15 is 0 Å². The highest BCUT2D eigenvalue weighted by Gasteiger charge is 2.52. The van der Waals surface area contributed by atoms with Crippen LogP contribution in [-0.2, 0) is 15.1 Å². The SMILES string of the molecule is O=C1C(NC(c2ccccc2)(c2ccccc2)c2ccccc2)C2OCC=CN12. The van der Waals surface area contributed by atoms with Gasteiger partial charge in [0, 0.05) is 6.20 Å². The van der Waals surface area contributed by atoms with Crippen molar-refractivity contribution in [2.45, 2.75) is 17.8 Å². The molecule has 2 atom stereocenters. The standard InChI is InChI=1S/C25H22N2O2/c28-23-22(24-27(23)17-10-18-29-24)26-25(19-11-4-1-5-12-19,20-13-6-2-7-14-20)21-15-8-3-9-16-21/h1-17,22,24,26H,18H2. The number of carbonyl (C=O) groups is 1. The van der Waals surface area contributed by atoms with Crippen LogP contribution in [0.25, 0.3) is 0 Å². The number of hydrogen-bond acceptors (Lipinski definition) is 3. The van der Waals surface area contributed by atoms with Crippen LogP contribution in [0, 0.1) is 0 Å². The van der Waals surface area contributed by atoms with Crippen molar-refractivity contribution in [3.05, 3.63) is 120 Å². The number of β-lactam (4-membered cyclic amide) rings is 1. The van der Waals surface area contributed by atoms with Crippen molar-refractivity contribution in [1.29, 1.82) is 0 Å². The van der Waals surface area contributed by atoms with Crippen molar-refractivity contribution >= 4 is 5.91 Å². The van der Waals surface area contributed by atoms with Crippen LogP contribution < -0.4 is 5.32 Å². The van der Waals surface area contributed by atoms with Crippen LogP contribution in [-0.4, -0.2) is 29.7 Å². The van der Waals surface area contributed by atoms with E-state index in [9.17, 15) is 4.79 Å². The van der Waals surface area contributed by atoms with Crippen molar-refractivity contribution in [1.82, 2.24) is 10.2 Å². The van der Waals surface area contributed by atoms with Crippen LogP contribution in [0.3, 0.4) is 0 Å². The minimum atomic E-state index is -0.680. The fourth-order valence-corrected chi connectivity index (χ4v) is 4.31. The minimum Gasteiger partial charge on any atom is -0.352 e. The number of nitrogens with one attached hydrogen (secondary N) is 1. The fourth-order valence-electron chi connectivity index (χ4n) is 4.31. The Morgan fingerprint density at radius 2 is 1.28 bits per heavy atom. The van der Waals surface area contributed by atoms with Gasteiger partial charge in [0.15, 0.2) is 6.23 Å². The second-order valence-electron chi connectivity index (χ2n) is 7.32. The highest BCUT2D eigenvalue weighted by atomic mass is 16.5. The van der Waals surface area contributed by atoms with Gasteiger partial charge in [-0.2, -0.15) is 0 Å². The van der Waals surface area contributed by atoms with Gasteiger partial charge in [0.25, 0.3) is 5.91 Å². The summed E-state index contributed by atoms with van der Waals surface area (Å²) in [5, 5.41) is 3.71. The molecule has 2 aliphatic heterocycles. The number of rotatable bonds is 5. The molecular weight excluding hydrogens is 360 g/mol. The Labute approximate surface area is 170 Å². The molecule has 0 radical (unpaired) electrons. The first kappa shape index (κ1) is 17.9. The molecule has 0 bridgehead atoms. The number of nitrogens with zero attached hydrogens (tertiary/aromatic N) is 1. The summed E-state index contributed by atoms with van der Waals surface area (Å²) >= 11 is 0. The summed E-state index contributed by atoms with van der Waals surface area (Å²) in [5.41, 5.74) is 2.56. The first-order valence-electron chi connectivity index (χ1n) is 9.85. The van der Waals surface area contributed by atoms with Crippen LogP contribution in [0.4, 0.5) is 0 Å². The van der Waals surface area contributed by atoms with E-state index < -0.39 is 11.6 Å². The molecule has 2 unspecified atom stereocenters. The molecule has 4 nitrogen and oxygen atoms in total. The molecule has 3 aromatic carbocycles. The van der Waals surface area contributed by atoms with Gasteiger partial charge < -0.3 is 4.74 Å². The van der Waals surface area contributed by atoms with Crippen molar-refractivity contribution in [2.24, 2.45) is 0 Å². The van der Waals surface area contributed by atoms with E-state index in [0.717, 1.165) is 16.7 Å². The Morgan fingerprint density at radius 1 is 0.793 bits per heavy atom. The largest absolute Gasteiger partial charge is 0.352 e. The van der Waals surface area contributed by atoms with Crippen LogP contribution in [0.1, 0.15) is 16.7 Å². The molecular formula is C25H22N2O2. The van der Waals surface area contributed by atoms with Gasteiger partial charge in [0.2, 0.25) is 0 Å². The van der Waals surface area contributed by atoms with E-state index in [1.165, 1.54) is 0 Å². The molecule has 4 heteroatoms. The van der Waals surface area contributed by atoms with Gasteiger partial charge in [-0.05, 0) is 22.8 Å². The first-order chi connectivity index (χ1) is 14.3. The summed E-state index contributed by atoms with van der Waals surface area (Å²) in [6, 6.07) is 30.4. The molecule has 0 aliphatic carbocycles. The van der Waals surface area contributed by atoms with Crippen LogP contribution in [0.5, 0.6) is 0 Å². The zero-order valence-electron chi connectivity index (χ0n) is 15.9. The number of amides is 1. The summed E-state index contributed by atoms with van der Waals surface area (Å²) in [7, 11) is 0. The molecule has 0 aromatic heterocycles. The molecule has 1 saturated heterocycles. The molecule has 1 fully saturated rings. The van der Waals surface area contributed by atoms with Gasteiger partial charge in [-0.25, -0.2) is 0 Å². The lowest BCUT2D eigenvalue weighted by Gasteiger charge is -2.50. The summed E-state index contributed by atoms with van der Waals surface area (Å²) in [6.07, 6.45) is 3.40. The molecule has 144 valence electrons. The summed E-state index contributed by atoms with van der Waals surface area (Å²) in [4.78, 5) is 14.6. The third kappa shape index (κ3) is 2.89. The van der Waals surface area contributed by atoms with E-state index in [1.807, 2.05) is 66.9 Å². The molecule has 3 aromatic rings. The van der Waals surface area contributed by atoms with Crippen molar-refractivity contribution in [2.75, 3.05) is 6.61 Å². The predicted octanol–water partition coefficient (Wildman–Crippen LogP) is 3.65. The number of benzene rings is 3. The minimum absolute atomic E-state index is 0.0260. The van der Waals surface area contributed by atoms with Gasteiger partial charge in [-0.3, -0.25) is 15.0 Å². The molecule has 29 heavy (non-hydrogen) atoms. The van der Waals surface area contributed by atoms with E-state index in [4.69, 9.17) is 4.74 Å². The second kappa shape index (κ2) is 7.32. The molecule has 0 saturated carbocycles. The third-order valence-corrected chi connectivity index (χ3v) is 5.70. The van der Waals surface area contributed by atoms with Crippen LogP contribution >= 0.6 is 0 Å². The number of fused-ring (bicyclic) bond motifs is 1. The smallest absolute Gasteiger partial charge is 0.250 e. The Morgan fingerprint density at radius 3 is 1.76 bits per heavy atom. The molecule has 0 spiro atoms. The van der Waals surface area contributed by atoms with E-state index in [0.29, 0.717) is 6.61 Å². The number of carbonyl (C=O) groups excluding carboxylic acids is 1.